The lowest BCUT2D eigenvalue weighted by Crippen LogP contribution is -2.53. The second kappa shape index (κ2) is 4.89. The van der Waals surface area contributed by atoms with Gasteiger partial charge in [0.1, 0.15) is 0 Å². The van der Waals surface area contributed by atoms with Crippen LogP contribution in [0.15, 0.2) is 0 Å². The number of methoxy groups -OCH3 is 1. The van der Waals surface area contributed by atoms with Crippen LogP contribution >= 0.6 is 0 Å². The lowest BCUT2D eigenvalue weighted by atomic mass is 9.66. The van der Waals surface area contributed by atoms with E-state index >= 15 is 0 Å². The average Bonchev–Trinajstić information content (AvgIpc) is 2.24. The summed E-state index contributed by atoms with van der Waals surface area (Å²) in [6.45, 7) is 4.73. The normalized spacial score (nSPS) is 29.6. The maximum Gasteiger partial charge on any atom is 0.0829 e. The summed E-state index contributed by atoms with van der Waals surface area (Å²) in [5, 5.41) is 0. The molecule has 2 aliphatic carbocycles. The van der Waals surface area contributed by atoms with Crippen molar-refractivity contribution in [1.29, 1.82) is 0 Å². The van der Waals surface area contributed by atoms with Gasteiger partial charge in [0.2, 0.25) is 0 Å². The van der Waals surface area contributed by atoms with Crippen LogP contribution in [0.2, 0.25) is 0 Å². The van der Waals surface area contributed by atoms with Crippen LogP contribution in [0.1, 0.15) is 65.2 Å². The monoisotopic (exact) mass is 239 g/mol. The van der Waals surface area contributed by atoms with E-state index in [1.165, 1.54) is 38.5 Å². The molecule has 0 heterocycles. The molecule has 0 amide bonds. The Labute approximate surface area is 106 Å². The molecule has 2 aliphatic rings. The SMILES string of the molecule is COC1(C(N)CC2CCC2)CCC(C)(C)CC1. The summed E-state index contributed by atoms with van der Waals surface area (Å²) in [6, 6.07) is 0.244. The molecule has 2 N–H and O–H groups in total. The Morgan fingerprint density at radius 1 is 1.18 bits per heavy atom. The van der Waals surface area contributed by atoms with Gasteiger partial charge in [-0.15, -0.1) is 0 Å². The van der Waals surface area contributed by atoms with Gasteiger partial charge in [-0.25, -0.2) is 0 Å². The number of hydrogen-bond acceptors (Lipinski definition) is 2. The highest BCUT2D eigenvalue weighted by Crippen LogP contribution is 2.45. The molecule has 0 saturated heterocycles. The Morgan fingerprint density at radius 3 is 2.18 bits per heavy atom. The Bertz CT molecular complexity index is 248. The zero-order chi connectivity index (χ0) is 12.5. The van der Waals surface area contributed by atoms with Gasteiger partial charge in [-0.1, -0.05) is 33.1 Å². The lowest BCUT2D eigenvalue weighted by Gasteiger charge is -2.47. The third-order valence-electron chi connectivity index (χ3n) is 5.34. The van der Waals surface area contributed by atoms with Gasteiger partial charge < -0.3 is 10.5 Å². The van der Waals surface area contributed by atoms with Crippen molar-refractivity contribution in [1.82, 2.24) is 0 Å². The second-order valence-electron chi connectivity index (χ2n) is 7.07. The minimum absolute atomic E-state index is 0.0227. The highest BCUT2D eigenvalue weighted by atomic mass is 16.5. The molecule has 1 unspecified atom stereocenters. The third-order valence-corrected chi connectivity index (χ3v) is 5.34. The molecule has 17 heavy (non-hydrogen) atoms. The first kappa shape index (κ1) is 13.4. The summed E-state index contributed by atoms with van der Waals surface area (Å²) in [4.78, 5) is 0. The van der Waals surface area contributed by atoms with E-state index in [1.54, 1.807) is 0 Å². The molecule has 0 aliphatic heterocycles. The van der Waals surface area contributed by atoms with Crippen LogP contribution in [0.4, 0.5) is 0 Å². The largest absolute Gasteiger partial charge is 0.377 e. The van der Waals surface area contributed by atoms with E-state index in [0.717, 1.165) is 18.8 Å². The minimum Gasteiger partial charge on any atom is -0.377 e. The molecule has 0 aromatic rings. The molecule has 0 spiro atoms. The van der Waals surface area contributed by atoms with Crippen LogP contribution in [0.3, 0.4) is 0 Å². The molecule has 100 valence electrons. The standard InChI is InChI=1S/C15H29NO/c1-14(2)7-9-15(17-3,10-8-14)13(16)11-12-5-4-6-12/h12-13H,4-11,16H2,1-3H3. The van der Waals surface area contributed by atoms with Gasteiger partial charge in [0.05, 0.1) is 5.60 Å². The van der Waals surface area contributed by atoms with Crippen LogP contribution in [-0.2, 0) is 4.74 Å². The molecule has 2 fully saturated rings. The van der Waals surface area contributed by atoms with Gasteiger partial charge in [0, 0.05) is 13.2 Å². The summed E-state index contributed by atoms with van der Waals surface area (Å²) in [6.07, 6.45) is 10.1. The molecule has 2 nitrogen and oxygen atoms in total. The van der Waals surface area contributed by atoms with E-state index in [9.17, 15) is 0 Å². The average molecular weight is 239 g/mol. The summed E-state index contributed by atoms with van der Waals surface area (Å²) in [5.41, 5.74) is 6.93. The summed E-state index contributed by atoms with van der Waals surface area (Å²) in [5.74, 6) is 0.881. The Hall–Kier alpha value is -0.0800. The van der Waals surface area contributed by atoms with Gasteiger partial charge in [-0.05, 0) is 43.4 Å². The molecule has 2 saturated carbocycles. The predicted octanol–water partition coefficient (Wildman–Crippen LogP) is 3.49. The molecule has 0 aromatic carbocycles. The van der Waals surface area contributed by atoms with Crippen LogP contribution < -0.4 is 5.73 Å². The van der Waals surface area contributed by atoms with Gasteiger partial charge >= 0.3 is 0 Å². The Kier molecular flexibility index (Phi) is 3.84. The smallest absolute Gasteiger partial charge is 0.0829 e. The fourth-order valence-corrected chi connectivity index (χ4v) is 3.38. The van der Waals surface area contributed by atoms with Gasteiger partial charge in [0.25, 0.3) is 0 Å². The van der Waals surface area contributed by atoms with Crippen molar-refractivity contribution in [2.24, 2.45) is 17.1 Å². The van der Waals surface area contributed by atoms with Crippen molar-refractivity contribution in [2.45, 2.75) is 76.9 Å². The molecule has 0 radical (unpaired) electrons. The van der Waals surface area contributed by atoms with E-state index in [2.05, 4.69) is 13.8 Å². The fraction of sp³-hybridized carbons (Fsp3) is 1.00. The fourth-order valence-electron chi connectivity index (χ4n) is 3.38. The first-order valence-corrected chi connectivity index (χ1v) is 7.28. The Morgan fingerprint density at radius 2 is 1.76 bits per heavy atom. The third kappa shape index (κ3) is 2.85. The predicted molar refractivity (Wildman–Crippen MR) is 71.9 cm³/mol. The van der Waals surface area contributed by atoms with E-state index in [1.807, 2.05) is 7.11 Å². The Balaban J connectivity index is 1.94. The van der Waals surface area contributed by atoms with Crippen LogP contribution in [0.25, 0.3) is 0 Å². The number of ether oxygens (including phenoxy) is 1. The summed E-state index contributed by atoms with van der Waals surface area (Å²) >= 11 is 0. The van der Waals surface area contributed by atoms with E-state index in [4.69, 9.17) is 10.5 Å². The van der Waals surface area contributed by atoms with E-state index in [-0.39, 0.29) is 11.6 Å². The number of hydrogen-bond donors (Lipinski definition) is 1. The molecule has 0 aromatic heterocycles. The van der Waals surface area contributed by atoms with Crippen LogP contribution in [0.5, 0.6) is 0 Å². The van der Waals surface area contributed by atoms with E-state index in [0.29, 0.717) is 5.41 Å². The zero-order valence-corrected chi connectivity index (χ0v) is 11.8. The highest BCUT2D eigenvalue weighted by molar-refractivity contribution is 4.98. The van der Waals surface area contributed by atoms with Crippen molar-refractivity contribution in [2.75, 3.05) is 7.11 Å². The van der Waals surface area contributed by atoms with Crippen molar-refractivity contribution in [3.05, 3.63) is 0 Å². The zero-order valence-electron chi connectivity index (χ0n) is 11.8. The van der Waals surface area contributed by atoms with Crippen LogP contribution in [0, 0.1) is 11.3 Å². The molecule has 0 bridgehead atoms. The first-order valence-electron chi connectivity index (χ1n) is 7.28. The number of nitrogens with two attached hydrogens (primary N) is 1. The first-order chi connectivity index (χ1) is 7.97. The van der Waals surface area contributed by atoms with Crippen molar-refractivity contribution >= 4 is 0 Å². The van der Waals surface area contributed by atoms with Gasteiger partial charge in [-0.2, -0.15) is 0 Å². The summed E-state index contributed by atoms with van der Waals surface area (Å²) in [7, 11) is 1.86. The second-order valence-corrected chi connectivity index (χ2v) is 7.07. The van der Waals surface area contributed by atoms with E-state index < -0.39 is 0 Å². The molecular formula is C15H29NO. The molecule has 2 heteroatoms. The number of rotatable bonds is 4. The van der Waals surface area contributed by atoms with Crippen molar-refractivity contribution in [3.8, 4) is 0 Å². The quantitative estimate of drug-likeness (QED) is 0.815. The summed E-state index contributed by atoms with van der Waals surface area (Å²) < 4.78 is 5.88. The molecule has 1 atom stereocenters. The molecule has 2 rings (SSSR count). The van der Waals surface area contributed by atoms with Gasteiger partial charge in [-0.3, -0.25) is 0 Å². The maximum atomic E-state index is 6.47. The van der Waals surface area contributed by atoms with Crippen molar-refractivity contribution < 1.29 is 4.74 Å². The van der Waals surface area contributed by atoms with Crippen LogP contribution in [-0.4, -0.2) is 18.8 Å². The lowest BCUT2D eigenvalue weighted by molar-refractivity contribution is -0.0840. The minimum atomic E-state index is -0.0227. The topological polar surface area (TPSA) is 35.2 Å². The van der Waals surface area contributed by atoms with Gasteiger partial charge in [0.15, 0.2) is 0 Å². The maximum absolute atomic E-state index is 6.47. The molecular weight excluding hydrogens is 210 g/mol. The highest BCUT2D eigenvalue weighted by Gasteiger charge is 2.43. The van der Waals surface area contributed by atoms with Crippen molar-refractivity contribution in [3.63, 3.8) is 0 Å².